The Morgan fingerprint density at radius 1 is 1.04 bits per heavy atom. The van der Waals surface area contributed by atoms with E-state index in [0.29, 0.717) is 23.4 Å². The lowest BCUT2D eigenvalue weighted by Gasteiger charge is -2.28. The van der Waals surface area contributed by atoms with Crippen molar-refractivity contribution in [3.8, 4) is 5.75 Å². The van der Waals surface area contributed by atoms with Crippen LogP contribution >= 0.6 is 11.8 Å². The van der Waals surface area contributed by atoms with Crippen LogP contribution in [-0.4, -0.2) is 72.8 Å². The van der Waals surface area contributed by atoms with Gasteiger partial charge >= 0.3 is 5.97 Å². The summed E-state index contributed by atoms with van der Waals surface area (Å²) in [6, 6.07) is 3.70. The molecule has 0 radical (unpaired) electrons. The first kappa shape index (κ1) is 35.3. The molecule has 1 aromatic heterocycles. The monoisotopic (exact) mass is 642 g/mol. The average molecular weight is 643 g/mol. The van der Waals surface area contributed by atoms with E-state index in [4.69, 9.17) is 4.74 Å². The van der Waals surface area contributed by atoms with Crippen LogP contribution in [-0.2, 0) is 41.7 Å². The Morgan fingerprint density at radius 3 is 2.38 bits per heavy atom. The summed E-state index contributed by atoms with van der Waals surface area (Å²) in [5.74, 6) is -2.09. The summed E-state index contributed by atoms with van der Waals surface area (Å²) in [6.07, 6.45) is 4.31. The summed E-state index contributed by atoms with van der Waals surface area (Å²) in [7, 11) is 0. The molecule has 3 amide bonds. The Labute approximate surface area is 266 Å². The van der Waals surface area contributed by atoms with Gasteiger partial charge in [0.1, 0.15) is 36.2 Å². The molecular weight excluding hydrogens is 600 g/mol. The molecule has 0 spiro atoms. The van der Waals surface area contributed by atoms with E-state index in [0.717, 1.165) is 11.8 Å². The standard InChI is InChI=1S/C31H42N6O7S/c1-18(2)28-25-16-37(36-35-25)17-27(41)44-23(8-6-7-13-45-20(5)38)15-26(40)33-29(19(3)4)31(43)32-24(30(42)34-28)14-21-9-11-22(39)12-10-21/h6,8-12,16,18-19,23-24,28-29,39H,7,13-15,17H2,1-5H3,(H,32,43)(H,33,40)(H,34,42)/b8-6+/t23-,24-,28-,29-/m1/s1. The van der Waals surface area contributed by atoms with Crippen LogP contribution in [0.25, 0.3) is 0 Å². The van der Waals surface area contributed by atoms with Gasteiger partial charge in [0.15, 0.2) is 5.12 Å². The van der Waals surface area contributed by atoms with E-state index >= 15 is 0 Å². The van der Waals surface area contributed by atoms with Gasteiger partial charge in [0.25, 0.3) is 0 Å². The molecule has 244 valence electrons. The quantitative estimate of drug-likeness (QED) is 0.189. The van der Waals surface area contributed by atoms with E-state index in [9.17, 15) is 29.1 Å². The molecule has 4 N–H and O–H groups in total. The van der Waals surface area contributed by atoms with Gasteiger partial charge < -0.3 is 25.8 Å². The van der Waals surface area contributed by atoms with Crippen LogP contribution in [0.2, 0.25) is 0 Å². The maximum atomic E-state index is 13.7. The van der Waals surface area contributed by atoms with Crippen LogP contribution < -0.4 is 16.0 Å². The second-order valence-corrected chi connectivity index (χ2v) is 12.9. The summed E-state index contributed by atoms with van der Waals surface area (Å²) >= 11 is 1.16. The zero-order chi connectivity index (χ0) is 33.1. The first-order valence-corrected chi connectivity index (χ1v) is 15.9. The minimum atomic E-state index is -1.03. The van der Waals surface area contributed by atoms with E-state index in [1.165, 1.54) is 23.7 Å². The van der Waals surface area contributed by atoms with Crippen LogP contribution in [0.4, 0.5) is 0 Å². The van der Waals surface area contributed by atoms with E-state index < -0.39 is 47.9 Å². The Balaban J connectivity index is 1.95. The van der Waals surface area contributed by atoms with E-state index in [1.807, 2.05) is 13.8 Å². The second-order valence-electron chi connectivity index (χ2n) is 11.6. The van der Waals surface area contributed by atoms with Crippen molar-refractivity contribution in [2.45, 2.75) is 84.7 Å². The Bertz CT molecular complexity index is 1370. The number of carbonyl (C=O) groups excluding carboxylic acids is 5. The fourth-order valence-corrected chi connectivity index (χ4v) is 5.21. The highest BCUT2D eigenvalue weighted by molar-refractivity contribution is 8.13. The van der Waals surface area contributed by atoms with Crippen molar-refractivity contribution in [3.63, 3.8) is 0 Å². The SMILES string of the molecule is CC(=O)SCC/C=C/[C@@H]1CC(=O)N[C@H](C(C)C)C(=O)N[C@H](Cc2ccc(O)cc2)C(=O)N[C@H](C(C)C)c2cn(nn2)CC(=O)O1. The number of hydrogen-bond acceptors (Lipinski definition) is 10. The molecule has 1 aliphatic heterocycles. The van der Waals surface area contributed by atoms with Gasteiger partial charge in [0.2, 0.25) is 17.7 Å². The highest BCUT2D eigenvalue weighted by atomic mass is 32.2. The number of carbonyl (C=O) groups is 5. The number of amides is 3. The molecule has 0 fully saturated rings. The molecule has 14 heteroatoms. The number of phenolic OH excluding ortho intramolecular Hbond substituents is 1. The van der Waals surface area contributed by atoms with Gasteiger partial charge in [-0.25, -0.2) is 4.68 Å². The molecular formula is C31H42N6O7S. The number of rotatable bonds is 8. The lowest BCUT2D eigenvalue weighted by Crippen LogP contribution is -2.56. The fraction of sp³-hybridized carbons (Fsp3) is 0.516. The highest BCUT2D eigenvalue weighted by Gasteiger charge is 2.32. The van der Waals surface area contributed by atoms with Crippen LogP contribution in [0, 0.1) is 11.8 Å². The van der Waals surface area contributed by atoms with Crippen molar-refractivity contribution in [2.75, 3.05) is 5.75 Å². The molecule has 1 aliphatic rings. The number of hydrogen-bond donors (Lipinski definition) is 4. The molecule has 2 bridgehead atoms. The normalized spacial score (nSPS) is 22.1. The average Bonchev–Trinajstić information content (AvgIpc) is 3.41. The van der Waals surface area contributed by atoms with Gasteiger partial charge in [0, 0.05) is 19.1 Å². The first-order valence-electron chi connectivity index (χ1n) is 14.9. The Kier molecular flexibility index (Phi) is 13.1. The molecule has 2 aromatic rings. The third-order valence-electron chi connectivity index (χ3n) is 7.02. The van der Waals surface area contributed by atoms with Crippen LogP contribution in [0.5, 0.6) is 5.75 Å². The third kappa shape index (κ3) is 11.3. The van der Waals surface area contributed by atoms with Gasteiger partial charge in [-0.3, -0.25) is 24.0 Å². The first-order chi connectivity index (χ1) is 21.3. The molecule has 45 heavy (non-hydrogen) atoms. The predicted molar refractivity (Wildman–Crippen MR) is 168 cm³/mol. The Hall–Kier alpha value is -4.20. The number of aromatic nitrogens is 3. The molecule has 0 saturated heterocycles. The molecule has 0 unspecified atom stereocenters. The second kappa shape index (κ2) is 16.8. The number of esters is 1. The number of ether oxygens (including phenoxy) is 1. The lowest BCUT2D eigenvalue weighted by atomic mass is 9.98. The number of fused-ring (bicyclic) bond motifs is 2. The van der Waals surface area contributed by atoms with Gasteiger partial charge in [-0.1, -0.05) is 62.9 Å². The smallest absolute Gasteiger partial charge is 0.328 e. The molecule has 1 aromatic carbocycles. The van der Waals surface area contributed by atoms with Crippen molar-refractivity contribution in [3.05, 3.63) is 53.9 Å². The summed E-state index contributed by atoms with van der Waals surface area (Å²) < 4.78 is 6.91. The van der Waals surface area contributed by atoms with Gasteiger partial charge in [-0.15, -0.1) is 5.10 Å². The number of aromatic hydroxyl groups is 1. The highest BCUT2D eigenvalue weighted by Crippen LogP contribution is 2.21. The summed E-state index contributed by atoms with van der Waals surface area (Å²) in [5.41, 5.74) is 1.12. The maximum Gasteiger partial charge on any atom is 0.328 e. The third-order valence-corrected chi connectivity index (χ3v) is 7.86. The summed E-state index contributed by atoms with van der Waals surface area (Å²) in [4.78, 5) is 64.6. The zero-order valence-corrected chi connectivity index (χ0v) is 27.0. The van der Waals surface area contributed by atoms with E-state index in [2.05, 4.69) is 26.3 Å². The zero-order valence-electron chi connectivity index (χ0n) is 26.2. The molecule has 0 saturated carbocycles. The van der Waals surface area contributed by atoms with Crippen LogP contribution in [0.3, 0.4) is 0 Å². The van der Waals surface area contributed by atoms with Gasteiger partial charge in [0.05, 0.1) is 18.7 Å². The van der Waals surface area contributed by atoms with Crippen LogP contribution in [0.1, 0.15) is 64.8 Å². The largest absolute Gasteiger partial charge is 0.508 e. The predicted octanol–water partition coefficient (Wildman–Crippen LogP) is 2.21. The molecule has 2 heterocycles. The van der Waals surface area contributed by atoms with Crippen molar-refractivity contribution in [1.29, 1.82) is 0 Å². The molecule has 13 nitrogen and oxygen atoms in total. The summed E-state index contributed by atoms with van der Waals surface area (Å²) in [5, 5.41) is 26.4. The van der Waals surface area contributed by atoms with Crippen LogP contribution in [0.15, 0.2) is 42.6 Å². The minimum Gasteiger partial charge on any atom is -0.508 e. The minimum absolute atomic E-state index is 0.0122. The number of allylic oxidation sites excluding steroid dienone is 1. The van der Waals surface area contributed by atoms with Crippen molar-refractivity contribution in [2.24, 2.45) is 11.8 Å². The number of nitrogens with one attached hydrogen (secondary N) is 3. The van der Waals surface area contributed by atoms with Gasteiger partial charge in [-0.05, 0) is 42.0 Å². The van der Waals surface area contributed by atoms with E-state index in [1.54, 1.807) is 44.3 Å². The summed E-state index contributed by atoms with van der Waals surface area (Å²) in [6.45, 7) is 8.52. The molecule has 0 aliphatic carbocycles. The van der Waals surface area contributed by atoms with Crippen molar-refractivity contribution in [1.82, 2.24) is 30.9 Å². The van der Waals surface area contributed by atoms with E-state index in [-0.39, 0.29) is 42.1 Å². The number of cyclic esters (lactones) is 1. The molecule has 4 atom stereocenters. The Morgan fingerprint density at radius 2 is 1.73 bits per heavy atom. The van der Waals surface area contributed by atoms with Gasteiger partial charge in [-0.2, -0.15) is 0 Å². The maximum absolute atomic E-state index is 13.7. The van der Waals surface area contributed by atoms with Crippen molar-refractivity contribution >= 4 is 40.6 Å². The topological polar surface area (TPSA) is 182 Å². The lowest BCUT2D eigenvalue weighted by molar-refractivity contribution is -0.149. The molecule has 3 rings (SSSR count). The number of nitrogens with zero attached hydrogens (tertiary/aromatic N) is 3. The fourth-order valence-electron chi connectivity index (χ4n) is 4.66. The van der Waals surface area contributed by atoms with Crippen molar-refractivity contribution < 1.29 is 33.8 Å². The number of benzene rings is 1. The number of thioether (sulfide) groups is 1. The number of phenols is 1.